The first-order valence-electron chi connectivity index (χ1n) is 16.0. The Labute approximate surface area is 273 Å². The molecule has 4 rings (SSSR count). The molecule has 0 bridgehead atoms. The Morgan fingerprint density at radius 3 is 2.36 bits per heavy atom. The van der Waals surface area contributed by atoms with Crippen molar-refractivity contribution < 1.29 is 19.1 Å². The van der Waals surface area contributed by atoms with E-state index < -0.39 is 6.23 Å². The fourth-order valence-corrected chi connectivity index (χ4v) is 6.56. The molecule has 0 spiro atoms. The van der Waals surface area contributed by atoms with E-state index in [-0.39, 0.29) is 29.1 Å². The van der Waals surface area contributed by atoms with Gasteiger partial charge in [-0.15, -0.1) is 0 Å². The number of nitrogens with zero attached hydrogens (tertiary/aromatic N) is 3. The molecule has 44 heavy (non-hydrogen) atoms. The minimum atomic E-state index is -0.665. The topological polar surface area (TPSA) is 62.3 Å². The Hall–Kier alpha value is -2.48. The van der Waals surface area contributed by atoms with E-state index in [1.165, 1.54) is 0 Å². The minimum absolute atomic E-state index is 0.00689. The normalized spacial score (nSPS) is 17.4. The van der Waals surface area contributed by atoms with Gasteiger partial charge in [0.05, 0.1) is 33.9 Å². The lowest BCUT2D eigenvalue weighted by molar-refractivity contribution is -0.157. The molecule has 2 aromatic rings. The van der Waals surface area contributed by atoms with Crippen molar-refractivity contribution in [3.63, 3.8) is 0 Å². The van der Waals surface area contributed by atoms with Crippen molar-refractivity contribution >= 4 is 46.5 Å². The summed E-state index contributed by atoms with van der Waals surface area (Å²) in [6.07, 6.45) is 3.07. The summed E-state index contributed by atoms with van der Waals surface area (Å²) >= 11 is 12.6. The third kappa shape index (κ3) is 9.04. The number of aryl methyl sites for hydroxylation is 1. The molecule has 2 atom stereocenters. The molecule has 1 saturated heterocycles. The number of anilines is 2. The van der Waals surface area contributed by atoms with E-state index in [0.717, 1.165) is 68.3 Å². The molecule has 242 valence electrons. The van der Waals surface area contributed by atoms with Crippen LogP contribution in [0.4, 0.5) is 11.4 Å². The summed E-state index contributed by atoms with van der Waals surface area (Å²) in [5, 5.41) is 1.22. The first-order chi connectivity index (χ1) is 20.8. The number of piperazine rings is 1. The highest BCUT2D eigenvalue weighted by molar-refractivity contribution is 6.43. The molecule has 0 aliphatic carbocycles. The van der Waals surface area contributed by atoms with Gasteiger partial charge in [-0.2, -0.15) is 0 Å². The van der Waals surface area contributed by atoms with Crippen LogP contribution in [0.25, 0.3) is 0 Å². The predicted molar refractivity (Wildman–Crippen MR) is 180 cm³/mol. The van der Waals surface area contributed by atoms with Crippen molar-refractivity contribution in [3.05, 3.63) is 52.0 Å². The number of esters is 1. The van der Waals surface area contributed by atoms with E-state index in [9.17, 15) is 9.59 Å². The van der Waals surface area contributed by atoms with E-state index in [1.54, 1.807) is 4.90 Å². The highest BCUT2D eigenvalue weighted by Gasteiger charge is 2.36. The molecule has 2 aromatic carbocycles. The zero-order chi connectivity index (χ0) is 32.0. The number of carbonyl (C=O) groups excluding carboxylic acids is 2. The molecule has 0 radical (unpaired) electrons. The van der Waals surface area contributed by atoms with Gasteiger partial charge in [-0.3, -0.25) is 19.4 Å². The smallest absolute Gasteiger partial charge is 0.310 e. The summed E-state index contributed by atoms with van der Waals surface area (Å²) in [4.78, 5) is 32.8. The van der Waals surface area contributed by atoms with Crippen molar-refractivity contribution in [1.29, 1.82) is 0 Å². The highest BCUT2D eigenvalue weighted by Crippen LogP contribution is 2.36. The zero-order valence-corrected chi connectivity index (χ0v) is 28.7. The van der Waals surface area contributed by atoms with Gasteiger partial charge >= 0.3 is 5.97 Å². The van der Waals surface area contributed by atoms with Crippen LogP contribution in [0.2, 0.25) is 10.0 Å². The second kappa shape index (κ2) is 15.2. The van der Waals surface area contributed by atoms with Crippen LogP contribution in [0, 0.1) is 17.3 Å². The van der Waals surface area contributed by atoms with E-state index in [4.69, 9.17) is 32.7 Å². The Morgan fingerprint density at radius 1 is 0.955 bits per heavy atom. The number of carbonyl (C=O) groups is 2. The summed E-state index contributed by atoms with van der Waals surface area (Å²) in [5.74, 6) is 0.119. The largest absolute Gasteiger partial charge is 0.494 e. The number of unbranched alkanes of at least 4 members (excludes halogenated alkanes) is 1. The lowest BCUT2D eigenvalue weighted by Gasteiger charge is -2.38. The van der Waals surface area contributed by atoms with E-state index in [2.05, 4.69) is 30.6 Å². The van der Waals surface area contributed by atoms with Gasteiger partial charge in [0.2, 0.25) is 5.91 Å². The highest BCUT2D eigenvalue weighted by atomic mass is 35.5. The van der Waals surface area contributed by atoms with Crippen LogP contribution < -0.4 is 14.5 Å². The lowest BCUT2D eigenvalue weighted by Crippen LogP contribution is -2.49. The number of ether oxygens (including phenoxy) is 2. The molecular weight excluding hydrogens is 597 g/mol. The molecule has 1 amide bonds. The molecule has 7 nitrogen and oxygen atoms in total. The number of hydrogen-bond donors (Lipinski definition) is 0. The maximum absolute atomic E-state index is 13.3. The maximum atomic E-state index is 13.3. The molecule has 0 aromatic heterocycles. The van der Waals surface area contributed by atoms with Crippen LogP contribution in [0.15, 0.2) is 36.4 Å². The molecule has 0 N–H and O–H groups in total. The monoisotopic (exact) mass is 645 g/mol. The van der Waals surface area contributed by atoms with Crippen LogP contribution in [0.3, 0.4) is 0 Å². The fourth-order valence-electron chi connectivity index (χ4n) is 6.15. The molecule has 1 fully saturated rings. The number of amides is 1. The molecule has 2 heterocycles. The average Bonchev–Trinajstić information content (AvgIpc) is 2.96. The molecule has 2 aliphatic heterocycles. The Kier molecular flexibility index (Phi) is 11.9. The third-order valence-electron chi connectivity index (χ3n) is 8.36. The van der Waals surface area contributed by atoms with Crippen molar-refractivity contribution in [3.8, 4) is 5.75 Å². The molecular formula is C35H49Cl2N3O4. The van der Waals surface area contributed by atoms with Gasteiger partial charge in [0.15, 0.2) is 6.23 Å². The number of hydrogen-bond acceptors (Lipinski definition) is 6. The van der Waals surface area contributed by atoms with Gasteiger partial charge in [0.25, 0.3) is 0 Å². The number of benzene rings is 2. The Morgan fingerprint density at radius 2 is 1.68 bits per heavy atom. The first-order valence-corrected chi connectivity index (χ1v) is 16.8. The lowest BCUT2D eigenvalue weighted by atomic mass is 9.85. The number of rotatable bonds is 12. The minimum Gasteiger partial charge on any atom is -0.494 e. The molecule has 2 unspecified atom stereocenters. The summed E-state index contributed by atoms with van der Waals surface area (Å²) in [7, 11) is 0. The Balaban J connectivity index is 1.29. The molecule has 0 saturated carbocycles. The zero-order valence-electron chi connectivity index (χ0n) is 27.2. The standard InChI is InChI=1S/C35H49Cl2N3O4/c1-24(2)33(44-34(42)25(3)23-35(4,5)6)40-30-22-27(14-12-26(30)13-15-31(40)41)43-21-8-7-16-38-17-19-39(20-18-38)29-11-9-10-28(36)32(29)37/h9-12,14,22,24-25,33H,7-8,13,15-21,23H2,1-6H3. The summed E-state index contributed by atoms with van der Waals surface area (Å²) in [5.41, 5.74) is 2.86. The maximum Gasteiger partial charge on any atom is 0.310 e. The summed E-state index contributed by atoms with van der Waals surface area (Å²) < 4.78 is 12.2. The van der Waals surface area contributed by atoms with Crippen LogP contribution in [0.5, 0.6) is 5.75 Å². The van der Waals surface area contributed by atoms with Crippen molar-refractivity contribution in [1.82, 2.24) is 4.90 Å². The van der Waals surface area contributed by atoms with Crippen molar-refractivity contribution in [2.75, 3.05) is 49.1 Å². The van der Waals surface area contributed by atoms with Gasteiger partial charge < -0.3 is 14.4 Å². The summed E-state index contributed by atoms with van der Waals surface area (Å²) in [6.45, 7) is 17.6. The predicted octanol–water partition coefficient (Wildman–Crippen LogP) is 7.85. The van der Waals surface area contributed by atoms with Crippen molar-refractivity contribution in [2.24, 2.45) is 17.3 Å². The van der Waals surface area contributed by atoms with Crippen LogP contribution >= 0.6 is 23.2 Å². The second-order valence-corrected chi connectivity index (χ2v) is 14.5. The van der Waals surface area contributed by atoms with Gasteiger partial charge in [0, 0.05) is 44.6 Å². The first kappa shape index (κ1) is 34.4. The molecule has 9 heteroatoms. The van der Waals surface area contributed by atoms with E-state index in [0.29, 0.717) is 35.9 Å². The quantitative estimate of drug-likeness (QED) is 0.173. The van der Waals surface area contributed by atoms with Crippen molar-refractivity contribution in [2.45, 2.75) is 79.9 Å². The second-order valence-electron chi connectivity index (χ2n) is 13.7. The van der Waals surface area contributed by atoms with Gasteiger partial charge in [0.1, 0.15) is 5.75 Å². The van der Waals surface area contributed by atoms with Crippen LogP contribution in [-0.2, 0) is 20.7 Å². The SMILES string of the molecule is CC(CC(C)(C)C)C(=O)OC(C(C)C)N1C(=O)CCc2ccc(OCCCCN3CCN(c4cccc(Cl)c4Cl)CC3)cc21. The average molecular weight is 647 g/mol. The number of fused-ring (bicyclic) bond motifs is 1. The van der Waals surface area contributed by atoms with Gasteiger partial charge in [-0.25, -0.2) is 0 Å². The Bertz CT molecular complexity index is 1290. The summed E-state index contributed by atoms with van der Waals surface area (Å²) in [6, 6.07) is 11.8. The van der Waals surface area contributed by atoms with E-state index in [1.807, 2.05) is 57.2 Å². The van der Waals surface area contributed by atoms with Gasteiger partial charge in [-0.05, 0) is 61.4 Å². The van der Waals surface area contributed by atoms with Crippen LogP contribution in [0.1, 0.15) is 72.8 Å². The van der Waals surface area contributed by atoms with Crippen LogP contribution in [-0.4, -0.2) is 62.3 Å². The fraction of sp³-hybridized carbons (Fsp3) is 0.600. The number of halogens is 2. The molecule has 2 aliphatic rings. The third-order valence-corrected chi connectivity index (χ3v) is 9.17. The van der Waals surface area contributed by atoms with E-state index >= 15 is 0 Å². The van der Waals surface area contributed by atoms with Gasteiger partial charge in [-0.1, -0.05) is 76.9 Å².